The molecule has 0 aliphatic rings. The number of aromatic nitrogens is 2. The smallest absolute Gasteiger partial charge is 0.226 e. The van der Waals surface area contributed by atoms with Gasteiger partial charge < -0.3 is 10.1 Å². The number of rotatable bonds is 7. The van der Waals surface area contributed by atoms with Gasteiger partial charge in [0.25, 0.3) is 0 Å². The lowest BCUT2D eigenvalue weighted by molar-refractivity contribution is 0.305. The molecule has 0 fully saturated rings. The lowest BCUT2D eigenvalue weighted by Crippen LogP contribution is -2.16. The van der Waals surface area contributed by atoms with Crippen LogP contribution in [0.25, 0.3) is 0 Å². The molecule has 0 spiro atoms. The number of hydrogen-bond acceptors (Lipinski definition) is 4. The lowest BCUT2D eigenvalue weighted by atomic mass is 10.2. The molecular weight excluding hydrogens is 202 g/mol. The molecule has 1 rings (SSSR count). The Labute approximate surface area is 96.8 Å². The van der Waals surface area contributed by atoms with Gasteiger partial charge in [-0.05, 0) is 19.8 Å². The van der Waals surface area contributed by atoms with Gasteiger partial charge in [0.1, 0.15) is 0 Å². The van der Waals surface area contributed by atoms with E-state index >= 15 is 0 Å². The molecule has 1 atom stereocenters. The van der Waals surface area contributed by atoms with Gasteiger partial charge in [-0.3, -0.25) is 0 Å². The van der Waals surface area contributed by atoms with Crippen molar-refractivity contribution in [2.75, 3.05) is 11.9 Å². The van der Waals surface area contributed by atoms with Crippen LogP contribution in [0.15, 0.2) is 24.9 Å². The molecule has 4 heteroatoms. The Morgan fingerprint density at radius 2 is 2.44 bits per heavy atom. The van der Waals surface area contributed by atoms with E-state index in [4.69, 9.17) is 4.74 Å². The summed E-state index contributed by atoms with van der Waals surface area (Å²) in [7, 11) is 0. The zero-order valence-corrected chi connectivity index (χ0v) is 9.94. The summed E-state index contributed by atoms with van der Waals surface area (Å²) in [6.45, 7) is 8.50. The van der Waals surface area contributed by atoms with E-state index in [0.29, 0.717) is 18.4 Å². The fraction of sp³-hybridized carbons (Fsp3) is 0.500. The van der Waals surface area contributed by atoms with Crippen molar-refractivity contribution >= 4 is 5.95 Å². The summed E-state index contributed by atoms with van der Waals surface area (Å²) in [5.74, 6) is 1.22. The average molecular weight is 221 g/mol. The van der Waals surface area contributed by atoms with Crippen LogP contribution in [0.4, 0.5) is 5.95 Å². The lowest BCUT2D eigenvalue weighted by Gasteiger charge is -2.12. The Morgan fingerprint density at radius 1 is 1.62 bits per heavy atom. The molecule has 1 aromatic heterocycles. The van der Waals surface area contributed by atoms with Gasteiger partial charge in [0.05, 0.1) is 6.61 Å². The van der Waals surface area contributed by atoms with Crippen molar-refractivity contribution in [3.63, 3.8) is 0 Å². The van der Waals surface area contributed by atoms with Gasteiger partial charge in [-0.2, -0.15) is 4.98 Å². The van der Waals surface area contributed by atoms with E-state index in [1.165, 1.54) is 0 Å². The molecule has 16 heavy (non-hydrogen) atoms. The predicted octanol–water partition coefficient (Wildman–Crippen LogP) is 2.64. The van der Waals surface area contributed by atoms with Crippen molar-refractivity contribution in [3.8, 4) is 5.88 Å². The molecule has 0 bridgehead atoms. The molecule has 1 aromatic rings. The minimum atomic E-state index is 0.277. The summed E-state index contributed by atoms with van der Waals surface area (Å²) < 4.78 is 5.43. The zero-order valence-electron chi connectivity index (χ0n) is 9.94. The first-order valence-corrected chi connectivity index (χ1v) is 5.59. The highest BCUT2D eigenvalue weighted by Gasteiger charge is 2.03. The van der Waals surface area contributed by atoms with Gasteiger partial charge in [-0.1, -0.05) is 13.0 Å². The first kappa shape index (κ1) is 12.5. The van der Waals surface area contributed by atoms with Crippen molar-refractivity contribution in [2.45, 2.75) is 32.7 Å². The van der Waals surface area contributed by atoms with Crippen LogP contribution in [0.2, 0.25) is 0 Å². The molecule has 1 heterocycles. The third-order valence-corrected chi connectivity index (χ3v) is 1.98. The summed E-state index contributed by atoms with van der Waals surface area (Å²) in [6, 6.07) is 2.04. The molecule has 0 aliphatic heterocycles. The third-order valence-electron chi connectivity index (χ3n) is 1.98. The fourth-order valence-electron chi connectivity index (χ4n) is 1.23. The molecule has 0 aromatic carbocycles. The quantitative estimate of drug-likeness (QED) is 0.719. The third kappa shape index (κ3) is 4.29. The highest BCUT2D eigenvalue weighted by Crippen LogP contribution is 2.10. The van der Waals surface area contributed by atoms with Crippen LogP contribution < -0.4 is 10.1 Å². The molecule has 0 saturated carbocycles. The minimum absolute atomic E-state index is 0.277. The van der Waals surface area contributed by atoms with Gasteiger partial charge in [-0.25, -0.2) is 4.98 Å². The van der Waals surface area contributed by atoms with E-state index in [2.05, 4.69) is 35.7 Å². The summed E-state index contributed by atoms with van der Waals surface area (Å²) in [6.07, 6.45) is 5.42. The number of ether oxygens (including phenoxy) is 1. The SMILES string of the molecule is C=CCC(C)Nc1nccc(OCCC)n1. The monoisotopic (exact) mass is 221 g/mol. The first-order chi connectivity index (χ1) is 7.76. The minimum Gasteiger partial charge on any atom is -0.478 e. The first-order valence-electron chi connectivity index (χ1n) is 5.59. The summed E-state index contributed by atoms with van der Waals surface area (Å²) in [4.78, 5) is 8.39. The molecule has 0 amide bonds. The summed E-state index contributed by atoms with van der Waals surface area (Å²) in [5, 5.41) is 3.19. The van der Waals surface area contributed by atoms with Crippen LogP contribution in [-0.4, -0.2) is 22.6 Å². The van der Waals surface area contributed by atoms with E-state index in [0.717, 1.165) is 12.8 Å². The Hall–Kier alpha value is -1.58. The standard InChI is InChI=1S/C12H19N3O/c1-4-6-10(3)14-12-13-8-7-11(15-12)16-9-5-2/h4,7-8,10H,1,5-6,9H2,2-3H3,(H,13,14,15). The van der Waals surface area contributed by atoms with Crippen LogP contribution >= 0.6 is 0 Å². The van der Waals surface area contributed by atoms with Gasteiger partial charge >= 0.3 is 0 Å². The number of hydrogen-bond donors (Lipinski definition) is 1. The van der Waals surface area contributed by atoms with Crippen LogP contribution in [-0.2, 0) is 0 Å². The van der Waals surface area contributed by atoms with Crippen molar-refractivity contribution in [3.05, 3.63) is 24.9 Å². The second-order valence-electron chi connectivity index (χ2n) is 3.64. The maximum absolute atomic E-state index is 5.43. The normalized spacial score (nSPS) is 11.9. The van der Waals surface area contributed by atoms with E-state index < -0.39 is 0 Å². The Kier molecular flexibility index (Phi) is 5.32. The Morgan fingerprint density at radius 3 is 3.12 bits per heavy atom. The average Bonchev–Trinajstić information content (AvgIpc) is 2.27. The number of nitrogens with zero attached hydrogens (tertiary/aromatic N) is 2. The van der Waals surface area contributed by atoms with E-state index in [9.17, 15) is 0 Å². The number of anilines is 1. The predicted molar refractivity (Wildman–Crippen MR) is 65.7 cm³/mol. The molecule has 1 unspecified atom stereocenters. The van der Waals surface area contributed by atoms with Crippen molar-refractivity contribution in [1.82, 2.24) is 9.97 Å². The zero-order chi connectivity index (χ0) is 11.8. The highest BCUT2D eigenvalue weighted by atomic mass is 16.5. The molecule has 0 aliphatic carbocycles. The summed E-state index contributed by atoms with van der Waals surface area (Å²) >= 11 is 0. The maximum atomic E-state index is 5.43. The van der Waals surface area contributed by atoms with E-state index in [1.54, 1.807) is 12.3 Å². The molecule has 4 nitrogen and oxygen atoms in total. The van der Waals surface area contributed by atoms with Crippen molar-refractivity contribution in [1.29, 1.82) is 0 Å². The largest absolute Gasteiger partial charge is 0.478 e. The highest BCUT2D eigenvalue weighted by molar-refractivity contribution is 5.28. The molecule has 0 radical (unpaired) electrons. The molecule has 0 saturated heterocycles. The van der Waals surface area contributed by atoms with Gasteiger partial charge in [0.15, 0.2) is 0 Å². The van der Waals surface area contributed by atoms with Crippen LogP contribution in [0.1, 0.15) is 26.7 Å². The Balaban J connectivity index is 2.55. The van der Waals surface area contributed by atoms with E-state index in [-0.39, 0.29) is 6.04 Å². The molecule has 88 valence electrons. The summed E-state index contributed by atoms with van der Waals surface area (Å²) in [5.41, 5.74) is 0. The molecular formula is C12H19N3O. The van der Waals surface area contributed by atoms with Crippen LogP contribution in [0.3, 0.4) is 0 Å². The second-order valence-corrected chi connectivity index (χ2v) is 3.64. The number of nitrogens with one attached hydrogen (secondary N) is 1. The topological polar surface area (TPSA) is 47.0 Å². The van der Waals surface area contributed by atoms with E-state index in [1.807, 2.05) is 6.08 Å². The fourth-order valence-corrected chi connectivity index (χ4v) is 1.23. The van der Waals surface area contributed by atoms with Crippen LogP contribution in [0, 0.1) is 0 Å². The molecule has 1 N–H and O–H groups in total. The van der Waals surface area contributed by atoms with Crippen molar-refractivity contribution < 1.29 is 4.74 Å². The van der Waals surface area contributed by atoms with Crippen molar-refractivity contribution in [2.24, 2.45) is 0 Å². The van der Waals surface area contributed by atoms with Gasteiger partial charge in [0, 0.05) is 18.3 Å². The van der Waals surface area contributed by atoms with Gasteiger partial charge in [0.2, 0.25) is 11.8 Å². The van der Waals surface area contributed by atoms with Gasteiger partial charge in [-0.15, -0.1) is 6.58 Å². The Bertz CT molecular complexity index is 328. The second kappa shape index (κ2) is 6.82. The maximum Gasteiger partial charge on any atom is 0.226 e. The van der Waals surface area contributed by atoms with Crippen LogP contribution in [0.5, 0.6) is 5.88 Å².